The van der Waals surface area contributed by atoms with Gasteiger partial charge in [-0.1, -0.05) is 76.2 Å². The number of ether oxygens (including phenoxy) is 2. The molecule has 2 aromatic carbocycles. The number of alkyl halides is 3. The maximum absolute atomic E-state index is 13.7. The summed E-state index contributed by atoms with van der Waals surface area (Å²) in [7, 11) is 1.50. The van der Waals surface area contributed by atoms with Gasteiger partial charge in [0.15, 0.2) is 0 Å². The molecule has 10 atom stereocenters. The van der Waals surface area contributed by atoms with Crippen LogP contribution < -0.4 is 21.3 Å². The quantitative estimate of drug-likeness (QED) is 0.170. The third-order valence-electron chi connectivity index (χ3n) is 14.6. The third kappa shape index (κ3) is 16.7. The van der Waals surface area contributed by atoms with Crippen molar-refractivity contribution in [3.63, 3.8) is 0 Å². The molecule has 2 aromatic rings. The highest BCUT2D eigenvalue weighted by Crippen LogP contribution is 2.38. The minimum atomic E-state index is -4.97. The second-order valence-corrected chi connectivity index (χ2v) is 22.3. The van der Waals surface area contributed by atoms with E-state index in [4.69, 9.17) is 15.6 Å². The molecular weight excluding hydrogens is 1020 g/mol. The molecule has 2 aliphatic carbocycles. The average Bonchev–Trinajstić information content (AvgIpc) is 4.00. The Balaban J connectivity index is 0.000000252. The predicted octanol–water partition coefficient (Wildman–Crippen LogP) is 7.60. The minimum Gasteiger partial charge on any atom is -0.444 e. The van der Waals surface area contributed by atoms with Gasteiger partial charge in [0.1, 0.15) is 43.4 Å². The van der Waals surface area contributed by atoms with E-state index in [-0.39, 0.29) is 52.9 Å². The number of amides is 7. The van der Waals surface area contributed by atoms with Crippen LogP contribution in [0.15, 0.2) is 48.5 Å². The Morgan fingerprint density at radius 1 is 0.753 bits per heavy atom. The van der Waals surface area contributed by atoms with Crippen molar-refractivity contribution in [1.82, 2.24) is 36.0 Å². The number of thioether (sulfide) groups is 1. The number of nitrogens with one attached hydrogen (secondary N) is 4. The number of hydrogen-bond acceptors (Lipinski definition) is 11. The fraction of sp³-hybridized carbons (Fsp3) is 0.643. The summed E-state index contributed by atoms with van der Waals surface area (Å²) in [5, 5.41) is 12.1. The lowest BCUT2D eigenvalue weighted by atomic mass is 9.87. The predicted molar refractivity (Wildman–Crippen MR) is 286 cm³/mol. The van der Waals surface area contributed by atoms with Gasteiger partial charge in [-0.3, -0.25) is 38.5 Å². The maximum atomic E-state index is 13.7. The number of carbonyl (C=O) groups excluding carboxylic acids is 8. The zero-order valence-electron chi connectivity index (χ0n) is 47.0. The van der Waals surface area contributed by atoms with Crippen molar-refractivity contribution in [3.8, 4) is 0 Å². The maximum Gasteiger partial charge on any atom is 0.446 e. The molecule has 0 spiro atoms. The second-order valence-electron chi connectivity index (χ2n) is 21.0. The average molecular weight is 1100 g/mol. The van der Waals surface area contributed by atoms with Crippen molar-refractivity contribution in [2.45, 2.75) is 205 Å². The lowest BCUT2D eigenvalue weighted by Gasteiger charge is -2.33. The van der Waals surface area contributed by atoms with Crippen LogP contribution in [0.3, 0.4) is 0 Å². The van der Waals surface area contributed by atoms with E-state index in [9.17, 15) is 46.7 Å². The van der Waals surface area contributed by atoms with Gasteiger partial charge in [0, 0.05) is 19.4 Å². The number of aldehydes is 1. The number of hydrogen-bond donors (Lipinski definition) is 4. The Hall–Kier alpha value is -5.70. The topological polar surface area (TPSA) is 213 Å². The Morgan fingerprint density at radius 3 is 1.78 bits per heavy atom. The number of nitrogens with zero attached hydrogens (tertiary/aromatic N) is 3. The van der Waals surface area contributed by atoms with Crippen LogP contribution in [0.4, 0.5) is 18.0 Å². The number of halogens is 3. The molecule has 17 nitrogen and oxygen atoms in total. The number of carbonyl (C=O) groups is 8. The van der Waals surface area contributed by atoms with Crippen LogP contribution in [0, 0.1) is 5.92 Å². The Bertz CT molecular complexity index is 2450. The van der Waals surface area contributed by atoms with Gasteiger partial charge in [-0.05, 0) is 133 Å². The zero-order chi connectivity index (χ0) is 57.6. The first kappa shape index (κ1) is 60.5. The minimum absolute atomic E-state index is 0.0274. The molecule has 426 valence electrons. The van der Waals surface area contributed by atoms with E-state index in [0.29, 0.717) is 50.9 Å². The summed E-state index contributed by atoms with van der Waals surface area (Å²) < 4.78 is 48.7. The van der Waals surface area contributed by atoms with E-state index in [1.807, 2.05) is 52.0 Å². The van der Waals surface area contributed by atoms with Crippen LogP contribution in [-0.4, -0.2) is 135 Å². The molecule has 4 saturated heterocycles. The van der Waals surface area contributed by atoms with Gasteiger partial charge in [-0.25, -0.2) is 4.79 Å². The summed E-state index contributed by atoms with van der Waals surface area (Å²) in [6, 6.07) is 13.0. The number of rotatable bonds is 10. The second kappa shape index (κ2) is 28.3. The summed E-state index contributed by atoms with van der Waals surface area (Å²) in [5.41, 5.74) is 4.20. The van der Waals surface area contributed by atoms with Gasteiger partial charge < -0.3 is 40.5 Å². The SMILES string of the molecule is CC.CC[C@@H](C)C(=O)N[C@H]1CCO[C@H]2CC[C@@H](C(=O)N[C@@H]3CCCc4ccccc43)N2C1=O.C[C@@H](C(=O)N[C@H]1CCS[C@H]2CC[C@@H](C(=O)N[C@@H]3CCCc4ccccc43)N2C1=O)N(C)C(=O)OC(C)(C)C.[2H]C(=O)C(F)(F)F. The number of likely N-dealkylation sites (N-methyl/N-ethyl adjacent to an activating group) is 1. The van der Waals surface area contributed by atoms with Crippen LogP contribution in [0.5, 0.6) is 0 Å². The lowest BCUT2D eigenvalue weighted by molar-refractivity contribution is -0.156. The summed E-state index contributed by atoms with van der Waals surface area (Å²) in [4.78, 5) is 105. The van der Waals surface area contributed by atoms with Gasteiger partial charge in [0.2, 0.25) is 41.7 Å². The van der Waals surface area contributed by atoms with E-state index < -0.39 is 66.5 Å². The highest BCUT2D eigenvalue weighted by molar-refractivity contribution is 7.99. The monoisotopic (exact) mass is 1100 g/mol. The fourth-order valence-electron chi connectivity index (χ4n) is 10.3. The first-order chi connectivity index (χ1) is 36.9. The van der Waals surface area contributed by atoms with E-state index in [1.54, 1.807) is 49.3 Å². The smallest absolute Gasteiger partial charge is 0.444 e. The first-order valence-electron chi connectivity index (χ1n) is 27.7. The van der Waals surface area contributed by atoms with Crippen molar-refractivity contribution >= 4 is 59.6 Å². The van der Waals surface area contributed by atoms with Gasteiger partial charge in [-0.2, -0.15) is 13.2 Å². The van der Waals surface area contributed by atoms with Crippen LogP contribution in [0.1, 0.15) is 162 Å². The Kier molecular flexibility index (Phi) is 22.2. The van der Waals surface area contributed by atoms with Gasteiger partial charge in [-0.15, -0.1) is 11.8 Å². The van der Waals surface area contributed by atoms with Crippen LogP contribution in [0.2, 0.25) is 0 Å². The van der Waals surface area contributed by atoms with Gasteiger partial charge >= 0.3 is 12.3 Å². The van der Waals surface area contributed by atoms with Crippen LogP contribution in [0.25, 0.3) is 0 Å². The van der Waals surface area contributed by atoms with E-state index in [0.717, 1.165) is 50.5 Å². The molecule has 4 N–H and O–H groups in total. The molecule has 0 aromatic heterocycles. The van der Waals surface area contributed by atoms with Gasteiger partial charge in [0.05, 0.1) is 24.1 Å². The normalized spacial score (nSPS) is 25.5. The number of fused-ring (bicyclic) bond motifs is 4. The van der Waals surface area contributed by atoms with Crippen LogP contribution in [-0.2, 0) is 55.9 Å². The molecule has 0 radical (unpaired) electrons. The molecular formula is C56H80F3N7O10S. The van der Waals surface area contributed by atoms with E-state index in [2.05, 4.69) is 45.5 Å². The van der Waals surface area contributed by atoms with Crippen molar-refractivity contribution in [3.05, 3.63) is 70.8 Å². The first-order valence-corrected chi connectivity index (χ1v) is 28.2. The van der Waals surface area contributed by atoms with E-state index in [1.165, 1.54) is 28.6 Å². The largest absolute Gasteiger partial charge is 0.446 e. The van der Waals surface area contributed by atoms with Crippen molar-refractivity contribution in [1.29, 1.82) is 0 Å². The van der Waals surface area contributed by atoms with Crippen molar-refractivity contribution in [2.24, 2.45) is 5.92 Å². The molecule has 4 aliphatic heterocycles. The summed E-state index contributed by atoms with van der Waals surface area (Å²) >= 11 is 1.66. The third-order valence-corrected chi connectivity index (χ3v) is 16.0. The van der Waals surface area contributed by atoms with Crippen LogP contribution >= 0.6 is 11.8 Å². The Morgan fingerprint density at radius 2 is 1.25 bits per heavy atom. The molecule has 77 heavy (non-hydrogen) atoms. The number of aryl methyl sites for hydroxylation is 2. The van der Waals surface area contributed by atoms with E-state index >= 15 is 0 Å². The van der Waals surface area contributed by atoms with Gasteiger partial charge in [0.25, 0.3) is 0 Å². The molecule has 4 fully saturated rings. The molecule has 21 heteroatoms. The Labute approximate surface area is 457 Å². The van der Waals surface area contributed by atoms with Crippen molar-refractivity contribution < 1.29 is 62.4 Å². The highest BCUT2D eigenvalue weighted by Gasteiger charge is 2.48. The summed E-state index contributed by atoms with van der Waals surface area (Å²) in [6.07, 6.45) is 1.54. The summed E-state index contributed by atoms with van der Waals surface area (Å²) in [6.45, 7) is 15.1. The highest BCUT2D eigenvalue weighted by atomic mass is 32.2. The molecule has 8 rings (SSSR count). The molecule has 4 heterocycles. The lowest BCUT2D eigenvalue weighted by Crippen LogP contribution is -2.57. The molecule has 0 saturated carbocycles. The fourth-order valence-corrected chi connectivity index (χ4v) is 11.7. The molecule has 7 amide bonds. The molecule has 0 unspecified atom stereocenters. The zero-order valence-corrected chi connectivity index (χ0v) is 46.8. The number of benzene rings is 2. The summed E-state index contributed by atoms with van der Waals surface area (Å²) in [5.74, 6) is -0.723. The van der Waals surface area contributed by atoms with Crippen molar-refractivity contribution in [2.75, 3.05) is 19.4 Å². The standard InChI is InChI=1S/C28H40N4O5S.C24H33N3O4.C2HF3O.C2H6/c1-17(31(5)27(36)37-28(2,3)4)24(33)30-21-15-16-38-23-14-13-22(32(23)26(21)35)25(34)29-20-12-8-10-18-9-6-7-11-19(18)20;1-3-15(2)22(28)26-19-13-14-31-21-12-11-20(27(21)24(19)30)23(29)25-18-10-6-8-16-7-4-5-9-17(16)18;3-2(4,5)1-6;1-2/h6-7,9,11,17,20-23H,8,10,12-16H2,1-5H3,(H,29,34)(H,30,33);4-5,7,9,15,18-21H,3,6,8,10-14H2,1-2H3,(H,25,29)(H,26,28);1H;1-2H3/t17-,20+,21-,22-,23-;15-,18-,19+,20+,21+;;/m01../s1/i;;1D;. The molecule has 0 bridgehead atoms. The molecule has 6 aliphatic rings.